The van der Waals surface area contributed by atoms with Crippen LogP contribution in [0.25, 0.3) is 0 Å². The van der Waals surface area contributed by atoms with Crippen molar-refractivity contribution >= 4 is 28.6 Å². The lowest BCUT2D eigenvalue weighted by atomic mass is 10.1. The Balaban J connectivity index is 3.19. The lowest BCUT2D eigenvalue weighted by Crippen LogP contribution is -2.12. The van der Waals surface area contributed by atoms with Gasteiger partial charge in [0.05, 0.1) is 18.4 Å². The molecule has 0 heterocycles. The van der Waals surface area contributed by atoms with Gasteiger partial charge in [-0.2, -0.15) is 5.26 Å². The molecule has 0 aliphatic carbocycles. The van der Waals surface area contributed by atoms with Gasteiger partial charge in [0.2, 0.25) is 0 Å². The highest BCUT2D eigenvalue weighted by atomic mass is 32.2. The van der Waals surface area contributed by atoms with Gasteiger partial charge >= 0.3 is 5.97 Å². The van der Waals surface area contributed by atoms with E-state index in [1.165, 1.54) is 18.9 Å². The Labute approximate surface area is 110 Å². The number of nitrogens with zero attached hydrogens (tertiary/aromatic N) is 2. The highest BCUT2D eigenvalue weighted by molar-refractivity contribution is 8.13. The standard InChI is InChI=1S/C12H13N3O2S/c1-8-9(11(16)17-2)5-4-6-10(8)15-12(18-3)14-7-13/h4-6H,1-3H3,(H,14,15). The van der Waals surface area contributed by atoms with E-state index < -0.39 is 5.97 Å². The fourth-order valence-electron chi connectivity index (χ4n) is 1.36. The van der Waals surface area contributed by atoms with Crippen LogP contribution in [-0.2, 0) is 4.74 Å². The summed E-state index contributed by atoms with van der Waals surface area (Å²) < 4.78 is 4.69. The van der Waals surface area contributed by atoms with Crippen LogP contribution in [0.4, 0.5) is 5.69 Å². The molecule has 0 amide bonds. The third-order valence-corrected chi connectivity index (χ3v) is 2.87. The van der Waals surface area contributed by atoms with E-state index in [1.54, 1.807) is 25.1 Å². The first-order valence-corrected chi connectivity index (χ1v) is 6.32. The minimum atomic E-state index is -0.400. The minimum Gasteiger partial charge on any atom is -0.465 e. The maximum absolute atomic E-state index is 11.5. The van der Waals surface area contributed by atoms with Gasteiger partial charge in [-0.1, -0.05) is 17.8 Å². The second kappa shape index (κ2) is 6.67. The Bertz CT molecular complexity index is 521. The number of amidine groups is 1. The number of carbonyl (C=O) groups excluding carboxylic acids is 1. The van der Waals surface area contributed by atoms with Crippen molar-refractivity contribution in [2.75, 3.05) is 13.4 Å². The minimum absolute atomic E-state index is 0.400. The van der Waals surface area contributed by atoms with E-state index in [-0.39, 0.29) is 0 Å². The maximum Gasteiger partial charge on any atom is 0.338 e. The van der Waals surface area contributed by atoms with Gasteiger partial charge in [-0.3, -0.25) is 5.32 Å². The van der Waals surface area contributed by atoms with Crippen LogP contribution in [0, 0.1) is 18.4 Å². The summed E-state index contributed by atoms with van der Waals surface area (Å²) in [6.07, 6.45) is 3.62. The van der Waals surface area contributed by atoms with Crippen molar-refractivity contribution in [2.24, 2.45) is 4.99 Å². The zero-order valence-electron chi connectivity index (χ0n) is 10.4. The molecule has 94 valence electrons. The van der Waals surface area contributed by atoms with E-state index >= 15 is 0 Å². The molecule has 0 bridgehead atoms. The molecule has 0 fully saturated rings. The van der Waals surface area contributed by atoms with Gasteiger partial charge in [0.15, 0.2) is 11.4 Å². The lowest BCUT2D eigenvalue weighted by molar-refractivity contribution is 0.0600. The Morgan fingerprint density at radius 2 is 2.28 bits per heavy atom. The summed E-state index contributed by atoms with van der Waals surface area (Å²) in [7, 11) is 1.34. The number of hydrogen-bond donors (Lipinski definition) is 1. The molecule has 1 N–H and O–H groups in total. The summed E-state index contributed by atoms with van der Waals surface area (Å²) in [6.45, 7) is 1.79. The SMILES string of the molecule is COC(=O)c1cccc(N=C(NC#N)SC)c1C. The van der Waals surface area contributed by atoms with Crippen molar-refractivity contribution in [1.82, 2.24) is 5.32 Å². The number of benzene rings is 1. The number of methoxy groups -OCH3 is 1. The largest absolute Gasteiger partial charge is 0.465 e. The third kappa shape index (κ3) is 3.25. The molecule has 0 saturated heterocycles. The number of hydrogen-bond acceptors (Lipinski definition) is 5. The maximum atomic E-state index is 11.5. The van der Waals surface area contributed by atoms with Crippen molar-refractivity contribution in [3.05, 3.63) is 29.3 Å². The number of nitrogens with one attached hydrogen (secondary N) is 1. The van der Waals surface area contributed by atoms with Crippen LogP contribution in [0.5, 0.6) is 0 Å². The van der Waals surface area contributed by atoms with Gasteiger partial charge < -0.3 is 4.74 Å². The van der Waals surface area contributed by atoms with E-state index in [0.717, 1.165) is 5.56 Å². The monoisotopic (exact) mass is 263 g/mol. The van der Waals surface area contributed by atoms with Crippen molar-refractivity contribution in [3.63, 3.8) is 0 Å². The topological polar surface area (TPSA) is 74.5 Å². The first-order valence-electron chi connectivity index (χ1n) is 5.09. The Morgan fingerprint density at radius 3 is 2.83 bits per heavy atom. The lowest BCUT2D eigenvalue weighted by Gasteiger charge is -2.07. The van der Waals surface area contributed by atoms with Gasteiger partial charge in [-0.15, -0.1) is 0 Å². The highest BCUT2D eigenvalue weighted by Crippen LogP contribution is 2.23. The average Bonchev–Trinajstić information content (AvgIpc) is 2.39. The smallest absolute Gasteiger partial charge is 0.338 e. The van der Waals surface area contributed by atoms with Crippen LogP contribution >= 0.6 is 11.8 Å². The first-order chi connectivity index (χ1) is 8.63. The zero-order chi connectivity index (χ0) is 13.5. The van der Waals surface area contributed by atoms with Crippen LogP contribution in [0.1, 0.15) is 15.9 Å². The molecule has 0 radical (unpaired) electrons. The summed E-state index contributed by atoms with van der Waals surface area (Å²) in [4.78, 5) is 15.8. The molecule has 1 rings (SSSR count). The fraction of sp³-hybridized carbons (Fsp3) is 0.250. The normalized spacial score (nSPS) is 10.7. The third-order valence-electron chi connectivity index (χ3n) is 2.29. The molecule has 0 saturated carbocycles. The van der Waals surface area contributed by atoms with E-state index in [9.17, 15) is 4.79 Å². The number of esters is 1. The van der Waals surface area contributed by atoms with Crippen molar-refractivity contribution in [3.8, 4) is 6.19 Å². The second-order valence-corrected chi connectivity index (χ2v) is 4.09. The van der Waals surface area contributed by atoms with Gasteiger partial charge in [0.25, 0.3) is 0 Å². The number of aliphatic imine (C=N–C) groups is 1. The summed E-state index contributed by atoms with van der Waals surface area (Å²) >= 11 is 1.32. The Hall–Kier alpha value is -2.00. The molecule has 0 aliphatic heterocycles. The van der Waals surface area contributed by atoms with Crippen LogP contribution in [0.3, 0.4) is 0 Å². The van der Waals surface area contributed by atoms with Crippen LogP contribution in [0.2, 0.25) is 0 Å². The molecule has 0 spiro atoms. The quantitative estimate of drug-likeness (QED) is 0.291. The summed E-state index contributed by atoms with van der Waals surface area (Å²) in [5.74, 6) is -0.400. The van der Waals surface area contributed by atoms with Crippen molar-refractivity contribution in [1.29, 1.82) is 5.26 Å². The zero-order valence-corrected chi connectivity index (χ0v) is 11.2. The van der Waals surface area contributed by atoms with E-state index in [4.69, 9.17) is 10.00 Å². The van der Waals surface area contributed by atoms with Crippen molar-refractivity contribution in [2.45, 2.75) is 6.92 Å². The van der Waals surface area contributed by atoms with Crippen LogP contribution in [0.15, 0.2) is 23.2 Å². The number of ether oxygens (including phenoxy) is 1. The number of nitriles is 1. The number of thioether (sulfide) groups is 1. The van der Waals surface area contributed by atoms with Crippen LogP contribution < -0.4 is 5.32 Å². The summed E-state index contributed by atoms with van der Waals surface area (Å²) in [5.41, 5.74) is 1.82. The molecule has 1 aromatic rings. The van der Waals surface area contributed by atoms with Gasteiger partial charge in [0, 0.05) is 0 Å². The molecule has 0 aliphatic rings. The fourth-order valence-corrected chi connectivity index (χ4v) is 1.69. The van der Waals surface area contributed by atoms with Crippen LogP contribution in [-0.4, -0.2) is 24.5 Å². The molecule has 0 unspecified atom stereocenters. The van der Waals surface area contributed by atoms with Crippen molar-refractivity contribution < 1.29 is 9.53 Å². The molecule has 5 nitrogen and oxygen atoms in total. The summed E-state index contributed by atoms with van der Waals surface area (Å²) in [6, 6.07) is 5.18. The van der Waals surface area contributed by atoms with E-state index in [2.05, 4.69) is 10.3 Å². The summed E-state index contributed by atoms with van der Waals surface area (Å²) in [5, 5.41) is 11.5. The predicted octanol–water partition coefficient (Wildman–Crippen LogP) is 2.20. The molecule has 6 heteroatoms. The highest BCUT2D eigenvalue weighted by Gasteiger charge is 2.11. The Kier molecular flexibility index (Phi) is 5.21. The first kappa shape index (κ1) is 14.1. The average molecular weight is 263 g/mol. The molecule has 0 atom stereocenters. The second-order valence-electron chi connectivity index (χ2n) is 3.30. The van der Waals surface area contributed by atoms with Gasteiger partial charge in [-0.05, 0) is 30.9 Å². The van der Waals surface area contributed by atoms with E-state index in [1.807, 2.05) is 12.4 Å². The Morgan fingerprint density at radius 1 is 1.56 bits per heavy atom. The molecule has 0 aromatic heterocycles. The number of rotatable bonds is 2. The molecule has 18 heavy (non-hydrogen) atoms. The predicted molar refractivity (Wildman–Crippen MR) is 71.9 cm³/mol. The van der Waals surface area contributed by atoms with E-state index in [0.29, 0.717) is 16.4 Å². The molecule has 1 aromatic carbocycles. The number of carbonyl (C=O) groups is 1. The van der Waals surface area contributed by atoms with Gasteiger partial charge in [0.1, 0.15) is 0 Å². The molecular formula is C12H13N3O2S. The van der Waals surface area contributed by atoms with Gasteiger partial charge in [-0.25, -0.2) is 9.79 Å². The molecular weight excluding hydrogens is 250 g/mol.